The maximum Gasteiger partial charge on any atom is 0.387 e. The number of amides is 1. The number of ether oxygens (including phenoxy) is 1. The number of para-hydroxylation sites is 2. The second-order valence-electron chi connectivity index (χ2n) is 6.68. The summed E-state index contributed by atoms with van der Waals surface area (Å²) in [4.78, 5) is 14.1. The first kappa shape index (κ1) is 23.7. The maximum atomic E-state index is 12.8. The van der Waals surface area contributed by atoms with E-state index in [1.807, 2.05) is 0 Å². The molecule has 0 unspecified atom stereocenters. The average Bonchev–Trinajstić information content (AvgIpc) is 2.71. The summed E-state index contributed by atoms with van der Waals surface area (Å²) in [5.41, 5.74) is 0.133. The summed E-state index contributed by atoms with van der Waals surface area (Å²) in [6, 6.07) is 10.0. The van der Waals surface area contributed by atoms with Crippen molar-refractivity contribution in [2.24, 2.45) is 0 Å². The number of nitrogens with zero attached hydrogens (tertiary/aromatic N) is 2. The van der Waals surface area contributed by atoms with Crippen molar-refractivity contribution in [1.29, 1.82) is 0 Å². The SMILES string of the molecule is O=C(CN1CCN(S(=O)(=O)c2ccc(Cl)c(Cl)c2)CC1)Nc1ccccc1OC(F)F. The molecule has 0 radical (unpaired) electrons. The van der Waals surface area contributed by atoms with E-state index in [0.29, 0.717) is 13.1 Å². The Morgan fingerprint density at radius 1 is 1.06 bits per heavy atom. The summed E-state index contributed by atoms with van der Waals surface area (Å²) in [6.07, 6.45) is 0. The van der Waals surface area contributed by atoms with Gasteiger partial charge in [0.2, 0.25) is 15.9 Å². The second-order valence-corrected chi connectivity index (χ2v) is 9.43. The molecule has 1 heterocycles. The normalized spacial score (nSPS) is 15.8. The number of carbonyl (C=O) groups is 1. The molecule has 0 atom stereocenters. The summed E-state index contributed by atoms with van der Waals surface area (Å²) >= 11 is 11.8. The van der Waals surface area contributed by atoms with Gasteiger partial charge in [-0.3, -0.25) is 9.69 Å². The van der Waals surface area contributed by atoms with Crippen molar-refractivity contribution in [2.45, 2.75) is 11.5 Å². The highest BCUT2D eigenvalue weighted by Gasteiger charge is 2.29. The van der Waals surface area contributed by atoms with Crippen LogP contribution in [0.15, 0.2) is 47.4 Å². The van der Waals surface area contributed by atoms with Crippen LogP contribution in [0.3, 0.4) is 0 Å². The monoisotopic (exact) mass is 493 g/mol. The van der Waals surface area contributed by atoms with Crippen LogP contribution in [0.5, 0.6) is 5.75 Å². The van der Waals surface area contributed by atoms with Crippen molar-refractivity contribution in [3.05, 3.63) is 52.5 Å². The van der Waals surface area contributed by atoms with Crippen LogP contribution in [0.1, 0.15) is 0 Å². The van der Waals surface area contributed by atoms with Gasteiger partial charge in [0.1, 0.15) is 5.75 Å². The smallest absolute Gasteiger partial charge is 0.387 e. The lowest BCUT2D eigenvalue weighted by molar-refractivity contribution is -0.117. The van der Waals surface area contributed by atoms with Gasteiger partial charge in [0.15, 0.2) is 0 Å². The predicted molar refractivity (Wildman–Crippen MR) is 113 cm³/mol. The Hall–Kier alpha value is -1.98. The number of hydrogen-bond donors (Lipinski definition) is 1. The van der Waals surface area contributed by atoms with Gasteiger partial charge in [-0.15, -0.1) is 0 Å². The molecule has 1 saturated heterocycles. The lowest BCUT2D eigenvalue weighted by atomic mass is 10.3. The first-order valence-corrected chi connectivity index (χ1v) is 11.4. The third-order valence-corrected chi connectivity index (χ3v) is 7.24. The molecule has 2 aromatic rings. The van der Waals surface area contributed by atoms with Gasteiger partial charge in [0.25, 0.3) is 0 Å². The standard InChI is InChI=1S/C19H19Cl2F2N3O4S/c20-14-6-5-13(11-15(14)21)31(28,29)26-9-7-25(8-10-26)12-18(27)24-16-3-1-2-4-17(16)30-19(22)23/h1-6,11,19H,7-10,12H2,(H,24,27). The van der Waals surface area contributed by atoms with E-state index in [9.17, 15) is 22.0 Å². The number of halogens is 4. The van der Waals surface area contributed by atoms with Crippen molar-refractivity contribution in [3.63, 3.8) is 0 Å². The van der Waals surface area contributed by atoms with Gasteiger partial charge in [0.05, 0.1) is 27.2 Å². The van der Waals surface area contributed by atoms with Crippen molar-refractivity contribution in [3.8, 4) is 5.75 Å². The first-order valence-electron chi connectivity index (χ1n) is 9.18. The number of benzene rings is 2. The van der Waals surface area contributed by atoms with Crippen LogP contribution in [0.25, 0.3) is 0 Å². The molecule has 0 bridgehead atoms. The Morgan fingerprint density at radius 2 is 1.74 bits per heavy atom. The number of anilines is 1. The number of piperazine rings is 1. The van der Waals surface area contributed by atoms with Crippen LogP contribution in [-0.4, -0.2) is 62.9 Å². The largest absolute Gasteiger partial charge is 0.433 e. The van der Waals surface area contributed by atoms with Gasteiger partial charge in [-0.05, 0) is 30.3 Å². The van der Waals surface area contributed by atoms with Crippen molar-refractivity contribution < 1.29 is 26.7 Å². The summed E-state index contributed by atoms with van der Waals surface area (Å²) in [5, 5.41) is 2.95. The van der Waals surface area contributed by atoms with Crippen molar-refractivity contribution in [2.75, 3.05) is 38.0 Å². The molecule has 3 rings (SSSR count). The molecule has 0 saturated carbocycles. The number of alkyl halides is 2. The van der Waals surface area contributed by atoms with E-state index in [-0.39, 0.29) is 46.0 Å². The Bertz CT molecular complexity index is 1050. The van der Waals surface area contributed by atoms with Gasteiger partial charge in [0, 0.05) is 26.2 Å². The number of rotatable bonds is 7. The summed E-state index contributed by atoms with van der Waals surface area (Å²) in [6.45, 7) is -2.03. The van der Waals surface area contributed by atoms with E-state index < -0.39 is 22.5 Å². The number of carbonyl (C=O) groups excluding carboxylic acids is 1. The molecule has 1 N–H and O–H groups in total. The molecule has 1 aliphatic rings. The minimum atomic E-state index is -3.74. The lowest BCUT2D eigenvalue weighted by Gasteiger charge is -2.33. The summed E-state index contributed by atoms with van der Waals surface area (Å²) in [5.74, 6) is -0.561. The van der Waals surface area contributed by atoms with Gasteiger partial charge in [-0.1, -0.05) is 35.3 Å². The molecular formula is C19H19Cl2F2N3O4S. The van der Waals surface area contributed by atoms with Gasteiger partial charge in [-0.2, -0.15) is 13.1 Å². The van der Waals surface area contributed by atoms with Crippen molar-refractivity contribution >= 4 is 44.8 Å². The fraction of sp³-hybridized carbons (Fsp3) is 0.316. The molecule has 0 aromatic heterocycles. The molecule has 7 nitrogen and oxygen atoms in total. The van der Waals surface area contributed by atoms with Crippen LogP contribution in [0.4, 0.5) is 14.5 Å². The van der Waals surface area contributed by atoms with Crippen LogP contribution in [0, 0.1) is 0 Å². The second kappa shape index (κ2) is 10.1. The molecule has 31 heavy (non-hydrogen) atoms. The van der Waals surface area contributed by atoms with Crippen molar-refractivity contribution in [1.82, 2.24) is 9.21 Å². The highest BCUT2D eigenvalue weighted by Crippen LogP contribution is 2.27. The Labute approximate surface area is 188 Å². The number of nitrogens with one attached hydrogen (secondary N) is 1. The molecule has 1 amide bonds. The zero-order valence-corrected chi connectivity index (χ0v) is 18.4. The molecule has 0 spiro atoms. The zero-order chi connectivity index (χ0) is 22.6. The third-order valence-electron chi connectivity index (χ3n) is 4.60. The van der Waals surface area contributed by atoms with E-state index in [1.165, 1.54) is 40.7 Å². The van der Waals surface area contributed by atoms with Gasteiger partial charge < -0.3 is 10.1 Å². The fourth-order valence-corrected chi connectivity index (χ4v) is 4.89. The van der Waals surface area contributed by atoms with E-state index in [2.05, 4.69) is 10.1 Å². The summed E-state index contributed by atoms with van der Waals surface area (Å²) < 4.78 is 56.3. The quantitative estimate of drug-likeness (QED) is 0.637. The molecule has 1 aliphatic heterocycles. The minimum Gasteiger partial charge on any atom is -0.433 e. The zero-order valence-electron chi connectivity index (χ0n) is 16.1. The molecule has 0 aliphatic carbocycles. The van der Waals surface area contributed by atoms with E-state index >= 15 is 0 Å². The Kier molecular flexibility index (Phi) is 7.71. The number of sulfonamides is 1. The van der Waals surface area contributed by atoms with Gasteiger partial charge >= 0.3 is 6.61 Å². The van der Waals surface area contributed by atoms with E-state index in [4.69, 9.17) is 23.2 Å². The first-order chi connectivity index (χ1) is 14.7. The maximum absolute atomic E-state index is 12.8. The van der Waals surface area contributed by atoms with Crippen LogP contribution in [0.2, 0.25) is 10.0 Å². The van der Waals surface area contributed by atoms with Crippen LogP contribution < -0.4 is 10.1 Å². The molecule has 12 heteroatoms. The Morgan fingerprint density at radius 3 is 2.39 bits per heavy atom. The highest BCUT2D eigenvalue weighted by atomic mass is 35.5. The predicted octanol–water partition coefficient (Wildman–Crippen LogP) is 3.54. The molecular weight excluding hydrogens is 475 g/mol. The fourth-order valence-electron chi connectivity index (χ4n) is 3.08. The van der Waals surface area contributed by atoms with Crippen LogP contribution >= 0.6 is 23.2 Å². The number of hydrogen-bond acceptors (Lipinski definition) is 5. The van der Waals surface area contributed by atoms with E-state index in [1.54, 1.807) is 11.0 Å². The van der Waals surface area contributed by atoms with E-state index in [0.717, 1.165) is 0 Å². The Balaban J connectivity index is 1.57. The minimum absolute atomic E-state index is 0.0241. The average molecular weight is 494 g/mol. The molecule has 168 valence electrons. The van der Waals surface area contributed by atoms with Crippen LogP contribution in [-0.2, 0) is 14.8 Å². The summed E-state index contributed by atoms with van der Waals surface area (Å²) in [7, 11) is -3.74. The lowest BCUT2D eigenvalue weighted by Crippen LogP contribution is -2.50. The van der Waals surface area contributed by atoms with Gasteiger partial charge in [-0.25, -0.2) is 8.42 Å². The molecule has 2 aromatic carbocycles. The topological polar surface area (TPSA) is 79.0 Å². The third kappa shape index (κ3) is 6.05. The highest BCUT2D eigenvalue weighted by molar-refractivity contribution is 7.89. The molecule has 1 fully saturated rings.